The average Bonchev–Trinajstić information content (AvgIpc) is 3.17. The van der Waals surface area contributed by atoms with Crippen LogP contribution in [0.25, 0.3) is 11.4 Å². The Labute approximate surface area is 173 Å². The molecule has 0 saturated heterocycles. The number of anilines is 1. The molecule has 2 aromatic carbocycles. The number of amides is 1. The van der Waals surface area contributed by atoms with Crippen LogP contribution in [0.5, 0.6) is 5.75 Å². The first-order valence-corrected chi connectivity index (χ1v) is 8.87. The van der Waals surface area contributed by atoms with E-state index in [0.717, 1.165) is 0 Å². The summed E-state index contributed by atoms with van der Waals surface area (Å²) >= 11 is 0. The number of nitrogens with two attached hydrogens (primary N) is 1. The highest BCUT2D eigenvalue weighted by Gasteiger charge is 2.12. The Bertz CT molecular complexity index is 947. The summed E-state index contributed by atoms with van der Waals surface area (Å²) in [5.74, 6) is 0.785. The fraction of sp³-hybridized carbons (Fsp3) is 0.250. The molecule has 0 aliphatic carbocycles. The maximum atomic E-state index is 13.7. The van der Waals surface area contributed by atoms with Gasteiger partial charge in [0.05, 0.1) is 0 Å². The molecular formula is C20H22ClFN4O3. The minimum atomic E-state index is -0.331. The molecule has 3 aromatic rings. The van der Waals surface area contributed by atoms with Gasteiger partial charge in [0, 0.05) is 30.6 Å². The van der Waals surface area contributed by atoms with Crippen LogP contribution in [0.2, 0.25) is 0 Å². The fourth-order valence-corrected chi connectivity index (χ4v) is 2.46. The number of hydrogen-bond acceptors (Lipinski definition) is 6. The van der Waals surface area contributed by atoms with E-state index in [4.69, 9.17) is 15.0 Å². The van der Waals surface area contributed by atoms with Gasteiger partial charge in [-0.3, -0.25) is 4.79 Å². The molecule has 1 heterocycles. The van der Waals surface area contributed by atoms with Crippen molar-refractivity contribution in [3.8, 4) is 17.1 Å². The first kappa shape index (κ1) is 22.3. The van der Waals surface area contributed by atoms with Gasteiger partial charge < -0.3 is 20.3 Å². The maximum Gasteiger partial charge on any atom is 0.227 e. The van der Waals surface area contributed by atoms with E-state index < -0.39 is 0 Å². The molecular weight excluding hydrogens is 399 g/mol. The van der Waals surface area contributed by atoms with Crippen LogP contribution in [0.3, 0.4) is 0 Å². The summed E-state index contributed by atoms with van der Waals surface area (Å²) in [5, 5.41) is 6.64. The lowest BCUT2D eigenvalue weighted by Gasteiger charge is -2.07. The summed E-state index contributed by atoms with van der Waals surface area (Å²) in [6.07, 6.45) is 0.459. The highest BCUT2D eigenvalue weighted by molar-refractivity contribution is 5.90. The van der Waals surface area contributed by atoms with Crippen molar-refractivity contribution in [1.82, 2.24) is 10.1 Å². The minimum Gasteiger partial charge on any atom is -0.492 e. The zero-order valence-electron chi connectivity index (χ0n) is 15.9. The summed E-state index contributed by atoms with van der Waals surface area (Å²) in [4.78, 5) is 16.3. The van der Waals surface area contributed by atoms with Gasteiger partial charge in [-0.2, -0.15) is 4.98 Å². The van der Waals surface area contributed by atoms with Crippen LogP contribution >= 0.6 is 12.4 Å². The molecule has 0 unspecified atom stereocenters. The van der Waals surface area contributed by atoms with Gasteiger partial charge in [0.2, 0.25) is 17.6 Å². The van der Waals surface area contributed by atoms with E-state index in [0.29, 0.717) is 47.4 Å². The van der Waals surface area contributed by atoms with Gasteiger partial charge >= 0.3 is 0 Å². The molecule has 1 aromatic heterocycles. The van der Waals surface area contributed by atoms with Gasteiger partial charge in [0.25, 0.3) is 0 Å². The van der Waals surface area contributed by atoms with E-state index in [1.54, 1.807) is 43.3 Å². The number of aromatic nitrogens is 2. The Hall–Kier alpha value is -2.97. The number of nitrogens with zero attached hydrogens (tertiary/aromatic N) is 2. The average molecular weight is 421 g/mol. The second-order valence-corrected chi connectivity index (χ2v) is 6.19. The number of rotatable bonds is 8. The van der Waals surface area contributed by atoms with E-state index >= 15 is 0 Å². The molecule has 9 heteroatoms. The standard InChI is InChI=1S/C20H21FN4O3.ClH/c1-13-2-3-14(12-17(13)21)20-24-19(28-25-20)9-8-18(26)23-15-4-6-16(7-5-15)27-11-10-22;/h2-7,12H,8-11,22H2,1H3,(H,23,26);1H. The molecule has 29 heavy (non-hydrogen) atoms. The fourth-order valence-electron chi connectivity index (χ4n) is 2.46. The Balaban J connectivity index is 0.00000300. The van der Waals surface area contributed by atoms with E-state index in [1.165, 1.54) is 6.07 Å². The SMILES string of the molecule is Cc1ccc(-c2noc(CCC(=O)Nc3ccc(OCCN)cc3)n2)cc1F.Cl. The molecule has 154 valence electrons. The number of ether oxygens (including phenoxy) is 1. The van der Waals surface area contributed by atoms with Crippen molar-refractivity contribution in [3.63, 3.8) is 0 Å². The zero-order chi connectivity index (χ0) is 19.9. The molecule has 0 spiro atoms. The largest absolute Gasteiger partial charge is 0.492 e. The third-order valence-electron chi connectivity index (χ3n) is 3.99. The predicted octanol–water partition coefficient (Wildman–Crippen LogP) is 3.51. The topological polar surface area (TPSA) is 103 Å². The van der Waals surface area contributed by atoms with E-state index in [9.17, 15) is 9.18 Å². The third kappa shape index (κ3) is 6.27. The molecule has 0 atom stereocenters. The summed E-state index contributed by atoms with van der Waals surface area (Å²) in [5.41, 5.74) is 7.12. The number of hydrogen-bond donors (Lipinski definition) is 2. The Morgan fingerprint density at radius 3 is 2.69 bits per heavy atom. The summed E-state index contributed by atoms with van der Waals surface area (Å²) in [7, 11) is 0. The van der Waals surface area contributed by atoms with Crippen molar-refractivity contribution in [3.05, 3.63) is 59.7 Å². The second-order valence-electron chi connectivity index (χ2n) is 6.19. The minimum absolute atomic E-state index is 0. The van der Waals surface area contributed by atoms with E-state index in [1.807, 2.05) is 0 Å². The lowest BCUT2D eigenvalue weighted by Crippen LogP contribution is -2.13. The van der Waals surface area contributed by atoms with Gasteiger partial charge in [-0.15, -0.1) is 12.4 Å². The monoisotopic (exact) mass is 420 g/mol. The Morgan fingerprint density at radius 2 is 2.00 bits per heavy atom. The number of carbonyl (C=O) groups is 1. The van der Waals surface area contributed by atoms with Crippen molar-refractivity contribution in [2.24, 2.45) is 5.73 Å². The molecule has 0 aliphatic rings. The van der Waals surface area contributed by atoms with E-state index in [-0.39, 0.29) is 37.0 Å². The van der Waals surface area contributed by atoms with Crippen LogP contribution in [0.4, 0.5) is 10.1 Å². The highest BCUT2D eigenvalue weighted by Crippen LogP contribution is 2.20. The summed E-state index contributed by atoms with van der Waals surface area (Å²) in [6, 6.07) is 11.8. The number of nitrogens with one attached hydrogen (secondary N) is 1. The van der Waals surface area contributed by atoms with Crippen LogP contribution in [0.15, 0.2) is 47.0 Å². The first-order chi connectivity index (χ1) is 13.5. The second kappa shape index (κ2) is 10.5. The normalized spacial score (nSPS) is 10.3. The van der Waals surface area contributed by atoms with Crippen LogP contribution in [0, 0.1) is 12.7 Å². The van der Waals surface area contributed by atoms with Gasteiger partial charge in [-0.05, 0) is 42.8 Å². The van der Waals surface area contributed by atoms with Crippen LogP contribution in [-0.4, -0.2) is 29.2 Å². The number of carbonyl (C=O) groups excluding carboxylic acids is 1. The molecule has 0 bridgehead atoms. The quantitative estimate of drug-likeness (QED) is 0.578. The molecule has 0 fully saturated rings. The van der Waals surface area contributed by atoms with Crippen LogP contribution in [-0.2, 0) is 11.2 Å². The maximum absolute atomic E-state index is 13.7. The molecule has 3 rings (SSSR count). The number of benzene rings is 2. The summed E-state index contributed by atoms with van der Waals surface area (Å²) in [6.45, 7) is 2.56. The highest BCUT2D eigenvalue weighted by atomic mass is 35.5. The molecule has 1 amide bonds. The van der Waals surface area contributed by atoms with E-state index in [2.05, 4.69) is 15.5 Å². The van der Waals surface area contributed by atoms with Gasteiger partial charge in [-0.1, -0.05) is 17.3 Å². The van der Waals surface area contributed by atoms with Crippen molar-refractivity contribution in [2.45, 2.75) is 19.8 Å². The van der Waals surface area contributed by atoms with Gasteiger partial charge in [0.1, 0.15) is 18.2 Å². The first-order valence-electron chi connectivity index (χ1n) is 8.87. The van der Waals surface area contributed by atoms with Crippen molar-refractivity contribution < 1.29 is 18.4 Å². The lowest BCUT2D eigenvalue weighted by atomic mass is 10.1. The van der Waals surface area contributed by atoms with Crippen molar-refractivity contribution in [1.29, 1.82) is 0 Å². The van der Waals surface area contributed by atoms with Crippen LogP contribution < -0.4 is 15.8 Å². The number of aryl methyl sites for hydroxylation is 2. The van der Waals surface area contributed by atoms with Gasteiger partial charge in [0.15, 0.2) is 0 Å². The Kier molecular flexibility index (Phi) is 8.11. The summed E-state index contributed by atoms with van der Waals surface area (Å²) < 4.78 is 24.2. The van der Waals surface area contributed by atoms with Gasteiger partial charge in [-0.25, -0.2) is 4.39 Å². The van der Waals surface area contributed by atoms with Crippen molar-refractivity contribution >= 4 is 24.0 Å². The molecule has 3 N–H and O–H groups in total. The van der Waals surface area contributed by atoms with Crippen molar-refractivity contribution in [2.75, 3.05) is 18.5 Å². The molecule has 0 saturated carbocycles. The third-order valence-corrected chi connectivity index (χ3v) is 3.99. The zero-order valence-corrected chi connectivity index (χ0v) is 16.7. The molecule has 7 nitrogen and oxygen atoms in total. The lowest BCUT2D eigenvalue weighted by molar-refractivity contribution is -0.116. The molecule has 0 radical (unpaired) electrons. The predicted molar refractivity (Wildman–Crippen MR) is 110 cm³/mol. The smallest absolute Gasteiger partial charge is 0.227 e. The van der Waals surface area contributed by atoms with Crippen LogP contribution in [0.1, 0.15) is 17.9 Å². The Morgan fingerprint density at radius 1 is 1.24 bits per heavy atom. The number of halogens is 2. The molecule has 0 aliphatic heterocycles.